The molecule has 0 aliphatic carbocycles. The van der Waals surface area contributed by atoms with Gasteiger partial charge in [0.2, 0.25) is 5.91 Å². The summed E-state index contributed by atoms with van der Waals surface area (Å²) in [6, 6.07) is 5.21. The number of ether oxygens (including phenoxy) is 1. The molecular weight excluding hydrogens is 337 g/mol. The van der Waals surface area contributed by atoms with E-state index < -0.39 is 0 Å². The van der Waals surface area contributed by atoms with Crippen molar-refractivity contribution in [3.05, 3.63) is 23.2 Å². The number of anilines is 1. The SMILES string of the molecule is COc1ccc(NC(=O)CN2CCNCC2)cc1Cl.Cl.Cl. The van der Waals surface area contributed by atoms with Crippen LogP contribution in [-0.2, 0) is 4.79 Å². The third-order valence-corrected chi connectivity index (χ3v) is 3.31. The van der Waals surface area contributed by atoms with Crippen LogP contribution in [0.1, 0.15) is 0 Å². The molecule has 2 N–H and O–H groups in total. The van der Waals surface area contributed by atoms with Crippen LogP contribution in [0, 0.1) is 0 Å². The van der Waals surface area contributed by atoms with Crippen molar-refractivity contribution >= 4 is 48.0 Å². The molecule has 0 atom stereocenters. The Balaban J connectivity index is 0.00000200. The van der Waals surface area contributed by atoms with Crippen molar-refractivity contribution in [2.45, 2.75) is 0 Å². The van der Waals surface area contributed by atoms with Crippen molar-refractivity contribution < 1.29 is 9.53 Å². The van der Waals surface area contributed by atoms with E-state index in [1.54, 1.807) is 25.3 Å². The highest BCUT2D eigenvalue weighted by Gasteiger charge is 2.13. The summed E-state index contributed by atoms with van der Waals surface area (Å²) in [5.74, 6) is 0.574. The van der Waals surface area contributed by atoms with Gasteiger partial charge in [0.15, 0.2) is 0 Å². The number of nitrogens with zero attached hydrogens (tertiary/aromatic N) is 1. The number of hydrogen-bond donors (Lipinski definition) is 2. The van der Waals surface area contributed by atoms with Crippen LogP contribution in [0.3, 0.4) is 0 Å². The van der Waals surface area contributed by atoms with Gasteiger partial charge in [-0.3, -0.25) is 9.69 Å². The first-order valence-corrected chi connectivity index (χ1v) is 6.63. The van der Waals surface area contributed by atoms with Gasteiger partial charge in [0.1, 0.15) is 5.75 Å². The van der Waals surface area contributed by atoms with Crippen molar-refractivity contribution in [1.82, 2.24) is 10.2 Å². The Morgan fingerprint density at radius 1 is 1.38 bits per heavy atom. The molecule has 8 heteroatoms. The predicted molar refractivity (Wildman–Crippen MR) is 90.4 cm³/mol. The Kier molecular flexibility index (Phi) is 9.74. The summed E-state index contributed by atoms with van der Waals surface area (Å²) < 4.78 is 5.07. The van der Waals surface area contributed by atoms with Crippen LogP contribution >= 0.6 is 36.4 Å². The molecule has 1 aromatic rings. The molecule has 1 aliphatic rings. The average Bonchev–Trinajstić information content (AvgIpc) is 2.40. The summed E-state index contributed by atoms with van der Waals surface area (Å²) in [4.78, 5) is 14.0. The molecule has 21 heavy (non-hydrogen) atoms. The number of methoxy groups -OCH3 is 1. The molecule has 1 saturated heterocycles. The van der Waals surface area contributed by atoms with E-state index in [9.17, 15) is 4.79 Å². The molecule has 120 valence electrons. The standard InChI is InChI=1S/C13H18ClN3O2.2ClH/c1-19-12-3-2-10(8-11(12)14)16-13(18)9-17-6-4-15-5-7-17;;/h2-3,8,15H,4-7,9H2,1H3,(H,16,18);2*1H. The van der Waals surface area contributed by atoms with Crippen molar-refractivity contribution in [2.24, 2.45) is 0 Å². The summed E-state index contributed by atoms with van der Waals surface area (Å²) >= 11 is 6.01. The first kappa shape index (κ1) is 20.3. The Hall–Kier alpha value is -0.720. The molecule has 0 saturated carbocycles. The second kappa shape index (κ2) is 10.1. The molecule has 1 heterocycles. The van der Waals surface area contributed by atoms with E-state index in [2.05, 4.69) is 15.5 Å². The minimum atomic E-state index is -0.0249. The maximum Gasteiger partial charge on any atom is 0.238 e. The quantitative estimate of drug-likeness (QED) is 0.867. The lowest BCUT2D eigenvalue weighted by atomic mass is 10.3. The maximum atomic E-state index is 11.9. The molecule has 1 amide bonds. The van der Waals surface area contributed by atoms with Crippen molar-refractivity contribution in [1.29, 1.82) is 0 Å². The van der Waals surface area contributed by atoms with Crippen LogP contribution in [0.5, 0.6) is 5.75 Å². The zero-order chi connectivity index (χ0) is 13.7. The Morgan fingerprint density at radius 2 is 2.05 bits per heavy atom. The smallest absolute Gasteiger partial charge is 0.238 e. The van der Waals surface area contributed by atoms with Crippen molar-refractivity contribution in [2.75, 3.05) is 45.2 Å². The second-order valence-corrected chi connectivity index (χ2v) is 4.83. The fourth-order valence-corrected chi connectivity index (χ4v) is 2.27. The molecule has 1 aromatic carbocycles. The molecule has 5 nitrogen and oxygen atoms in total. The number of amides is 1. The fraction of sp³-hybridized carbons (Fsp3) is 0.462. The lowest BCUT2D eigenvalue weighted by Crippen LogP contribution is -2.46. The van der Waals surface area contributed by atoms with E-state index in [0.29, 0.717) is 23.0 Å². The van der Waals surface area contributed by atoms with Crippen LogP contribution in [0.15, 0.2) is 18.2 Å². The molecule has 0 aromatic heterocycles. The highest BCUT2D eigenvalue weighted by Crippen LogP contribution is 2.27. The largest absolute Gasteiger partial charge is 0.495 e. The topological polar surface area (TPSA) is 53.6 Å². The molecule has 0 radical (unpaired) electrons. The van der Waals surface area contributed by atoms with Gasteiger partial charge in [-0.05, 0) is 18.2 Å². The summed E-state index contributed by atoms with van der Waals surface area (Å²) in [5.41, 5.74) is 0.686. The lowest BCUT2D eigenvalue weighted by Gasteiger charge is -2.26. The van der Waals surface area contributed by atoms with Crippen LogP contribution in [0.2, 0.25) is 5.02 Å². The number of carbonyl (C=O) groups excluding carboxylic acids is 1. The second-order valence-electron chi connectivity index (χ2n) is 4.42. The monoisotopic (exact) mass is 355 g/mol. The minimum Gasteiger partial charge on any atom is -0.495 e. The van der Waals surface area contributed by atoms with Crippen LogP contribution in [-0.4, -0.2) is 50.6 Å². The van der Waals surface area contributed by atoms with E-state index in [-0.39, 0.29) is 30.7 Å². The molecule has 0 spiro atoms. The number of hydrogen-bond acceptors (Lipinski definition) is 4. The first-order valence-electron chi connectivity index (χ1n) is 6.25. The zero-order valence-electron chi connectivity index (χ0n) is 11.7. The highest BCUT2D eigenvalue weighted by molar-refractivity contribution is 6.32. The van der Waals surface area contributed by atoms with E-state index >= 15 is 0 Å². The number of halogens is 3. The van der Waals surface area contributed by atoms with Gasteiger partial charge in [0.25, 0.3) is 0 Å². The normalized spacial score (nSPS) is 14.6. The fourth-order valence-electron chi connectivity index (χ4n) is 2.02. The Bertz CT molecular complexity index is 454. The van der Waals surface area contributed by atoms with Crippen molar-refractivity contribution in [3.8, 4) is 5.75 Å². The van der Waals surface area contributed by atoms with E-state index in [1.807, 2.05) is 0 Å². The summed E-state index contributed by atoms with van der Waals surface area (Å²) in [6.45, 7) is 4.07. The third kappa shape index (κ3) is 6.28. The molecule has 2 rings (SSSR count). The third-order valence-electron chi connectivity index (χ3n) is 3.01. The number of benzene rings is 1. The molecule has 1 aliphatic heterocycles. The average molecular weight is 357 g/mol. The van der Waals surface area contributed by atoms with Gasteiger partial charge in [-0.15, -0.1) is 24.8 Å². The Labute approximate surface area is 142 Å². The van der Waals surface area contributed by atoms with E-state index in [0.717, 1.165) is 26.2 Å². The van der Waals surface area contributed by atoms with Crippen LogP contribution < -0.4 is 15.4 Å². The zero-order valence-corrected chi connectivity index (χ0v) is 14.1. The highest BCUT2D eigenvalue weighted by atomic mass is 35.5. The van der Waals surface area contributed by atoms with Crippen molar-refractivity contribution in [3.63, 3.8) is 0 Å². The number of piperazine rings is 1. The van der Waals surface area contributed by atoms with E-state index in [1.165, 1.54) is 0 Å². The van der Waals surface area contributed by atoms with Gasteiger partial charge in [0.05, 0.1) is 18.7 Å². The van der Waals surface area contributed by atoms with Gasteiger partial charge >= 0.3 is 0 Å². The lowest BCUT2D eigenvalue weighted by molar-refractivity contribution is -0.117. The maximum absolute atomic E-state index is 11.9. The summed E-state index contributed by atoms with van der Waals surface area (Å²) in [6.07, 6.45) is 0. The molecular formula is C13H20Cl3N3O2. The number of carbonyl (C=O) groups is 1. The minimum absolute atomic E-state index is 0. The number of rotatable bonds is 4. The van der Waals surface area contributed by atoms with Gasteiger partial charge < -0.3 is 15.4 Å². The van der Waals surface area contributed by atoms with Crippen LogP contribution in [0.4, 0.5) is 5.69 Å². The van der Waals surface area contributed by atoms with Crippen LogP contribution in [0.25, 0.3) is 0 Å². The molecule has 0 bridgehead atoms. The molecule has 0 unspecified atom stereocenters. The van der Waals surface area contributed by atoms with Gasteiger partial charge in [-0.2, -0.15) is 0 Å². The van der Waals surface area contributed by atoms with Gasteiger partial charge in [-0.25, -0.2) is 0 Å². The summed E-state index contributed by atoms with van der Waals surface area (Å²) in [5, 5.41) is 6.58. The Morgan fingerprint density at radius 3 is 2.62 bits per heavy atom. The predicted octanol–water partition coefficient (Wildman–Crippen LogP) is 2.04. The van der Waals surface area contributed by atoms with Gasteiger partial charge in [-0.1, -0.05) is 11.6 Å². The first-order chi connectivity index (χ1) is 9.19. The van der Waals surface area contributed by atoms with E-state index in [4.69, 9.17) is 16.3 Å². The van der Waals surface area contributed by atoms with Gasteiger partial charge in [0, 0.05) is 31.9 Å². The number of nitrogens with one attached hydrogen (secondary N) is 2. The summed E-state index contributed by atoms with van der Waals surface area (Å²) in [7, 11) is 1.56. The molecule has 1 fully saturated rings.